The number of hydrogen-bond donors (Lipinski definition) is 1. The van der Waals surface area contributed by atoms with Crippen LogP contribution < -0.4 is 5.32 Å². The lowest BCUT2D eigenvalue weighted by Crippen LogP contribution is -2.28. The summed E-state index contributed by atoms with van der Waals surface area (Å²) in [6.07, 6.45) is 0.340. The molecule has 0 spiro atoms. The van der Waals surface area contributed by atoms with Gasteiger partial charge < -0.3 is 19.5 Å². The van der Waals surface area contributed by atoms with Gasteiger partial charge in [0.05, 0.1) is 19.8 Å². The molecule has 0 rings (SSSR count). The lowest BCUT2D eigenvalue weighted by molar-refractivity contribution is -0.140. The molecular weight excluding hydrogens is 238 g/mol. The van der Waals surface area contributed by atoms with Gasteiger partial charge in [0.1, 0.15) is 6.61 Å². The lowest BCUT2D eigenvalue weighted by Gasteiger charge is -2.07. The number of amides is 1. The highest BCUT2D eigenvalue weighted by Gasteiger charge is 2.02. The van der Waals surface area contributed by atoms with E-state index < -0.39 is 12.1 Å². The van der Waals surface area contributed by atoms with Gasteiger partial charge in [0.2, 0.25) is 0 Å². The van der Waals surface area contributed by atoms with E-state index in [9.17, 15) is 9.59 Å². The van der Waals surface area contributed by atoms with Crippen LogP contribution in [0.4, 0.5) is 4.79 Å². The topological polar surface area (TPSA) is 73.9 Å². The molecule has 104 valence electrons. The second kappa shape index (κ2) is 10.6. The van der Waals surface area contributed by atoms with Gasteiger partial charge in [-0.05, 0) is 13.3 Å². The van der Waals surface area contributed by atoms with E-state index in [1.807, 2.05) is 6.92 Å². The molecular formula is C12H21NO5. The molecule has 0 unspecified atom stereocenters. The fraction of sp³-hybridized carbons (Fsp3) is 0.667. The minimum absolute atomic E-state index is 0.173. The first-order valence-electron chi connectivity index (χ1n) is 5.89. The zero-order valence-corrected chi connectivity index (χ0v) is 11.0. The molecule has 0 fully saturated rings. The zero-order chi connectivity index (χ0) is 13.8. The van der Waals surface area contributed by atoms with Crippen LogP contribution in [0.2, 0.25) is 0 Å². The molecule has 0 aromatic rings. The van der Waals surface area contributed by atoms with Crippen molar-refractivity contribution in [1.29, 1.82) is 0 Å². The summed E-state index contributed by atoms with van der Waals surface area (Å²) < 4.78 is 14.7. The summed E-state index contributed by atoms with van der Waals surface area (Å²) in [6, 6.07) is 0. The molecule has 1 N–H and O–H groups in total. The molecule has 1 amide bonds. The van der Waals surface area contributed by atoms with Crippen LogP contribution in [0, 0.1) is 0 Å². The van der Waals surface area contributed by atoms with E-state index in [-0.39, 0.29) is 13.2 Å². The highest BCUT2D eigenvalue weighted by molar-refractivity contribution is 5.86. The van der Waals surface area contributed by atoms with E-state index in [2.05, 4.69) is 11.9 Å². The smallest absolute Gasteiger partial charge is 0.407 e. The maximum Gasteiger partial charge on any atom is 0.407 e. The Labute approximate surface area is 107 Å². The SMILES string of the molecule is C=C(C)C(=O)OCCOCCNC(=O)OCCC. The van der Waals surface area contributed by atoms with Gasteiger partial charge in [-0.1, -0.05) is 13.5 Å². The molecule has 0 aromatic heterocycles. The van der Waals surface area contributed by atoms with Crippen LogP contribution in [0.3, 0.4) is 0 Å². The first-order valence-corrected chi connectivity index (χ1v) is 5.89. The van der Waals surface area contributed by atoms with E-state index >= 15 is 0 Å². The molecule has 0 radical (unpaired) electrons. The van der Waals surface area contributed by atoms with E-state index in [0.717, 1.165) is 6.42 Å². The number of esters is 1. The van der Waals surface area contributed by atoms with Crippen molar-refractivity contribution in [2.24, 2.45) is 0 Å². The van der Waals surface area contributed by atoms with Crippen molar-refractivity contribution in [3.8, 4) is 0 Å². The van der Waals surface area contributed by atoms with E-state index in [1.165, 1.54) is 0 Å². The summed E-state index contributed by atoms with van der Waals surface area (Å²) in [7, 11) is 0. The maximum atomic E-state index is 11.0. The first kappa shape index (κ1) is 16.4. The second-order valence-electron chi connectivity index (χ2n) is 3.59. The van der Waals surface area contributed by atoms with Crippen molar-refractivity contribution < 1.29 is 23.8 Å². The monoisotopic (exact) mass is 259 g/mol. The Bertz CT molecular complexity index is 278. The van der Waals surface area contributed by atoms with Crippen LogP contribution in [0.25, 0.3) is 0 Å². The van der Waals surface area contributed by atoms with Crippen molar-refractivity contribution in [3.05, 3.63) is 12.2 Å². The second-order valence-corrected chi connectivity index (χ2v) is 3.59. The molecule has 0 bridgehead atoms. The minimum atomic E-state index is -0.450. The van der Waals surface area contributed by atoms with Crippen LogP contribution in [0.1, 0.15) is 20.3 Å². The summed E-state index contributed by atoms with van der Waals surface area (Å²) in [5.41, 5.74) is 0.357. The fourth-order valence-corrected chi connectivity index (χ4v) is 0.890. The number of hydrogen-bond acceptors (Lipinski definition) is 5. The van der Waals surface area contributed by atoms with Crippen molar-refractivity contribution in [1.82, 2.24) is 5.32 Å². The predicted molar refractivity (Wildman–Crippen MR) is 66.2 cm³/mol. The van der Waals surface area contributed by atoms with Gasteiger partial charge in [-0.3, -0.25) is 0 Å². The summed E-state index contributed by atoms with van der Waals surface area (Å²) in [5, 5.41) is 2.53. The Morgan fingerprint density at radius 2 is 1.83 bits per heavy atom. The number of nitrogens with one attached hydrogen (secondary N) is 1. The molecule has 0 aliphatic carbocycles. The average Bonchev–Trinajstić information content (AvgIpc) is 2.34. The largest absolute Gasteiger partial charge is 0.460 e. The minimum Gasteiger partial charge on any atom is -0.460 e. The molecule has 0 aliphatic heterocycles. The number of rotatable bonds is 9. The fourth-order valence-electron chi connectivity index (χ4n) is 0.890. The molecule has 0 aliphatic rings. The van der Waals surface area contributed by atoms with E-state index in [4.69, 9.17) is 14.2 Å². The van der Waals surface area contributed by atoms with E-state index in [1.54, 1.807) is 6.92 Å². The van der Waals surface area contributed by atoms with Gasteiger partial charge in [0.15, 0.2) is 0 Å². The van der Waals surface area contributed by atoms with Crippen LogP contribution in [-0.2, 0) is 19.0 Å². The van der Waals surface area contributed by atoms with Gasteiger partial charge in [0.25, 0.3) is 0 Å². The number of carbonyl (C=O) groups is 2. The molecule has 0 atom stereocenters. The third-order valence-electron chi connectivity index (χ3n) is 1.76. The van der Waals surface area contributed by atoms with Gasteiger partial charge in [-0.25, -0.2) is 9.59 Å². The highest BCUT2D eigenvalue weighted by atomic mass is 16.6. The van der Waals surface area contributed by atoms with Crippen molar-refractivity contribution >= 4 is 12.1 Å². The molecule has 0 aromatic carbocycles. The highest BCUT2D eigenvalue weighted by Crippen LogP contribution is 1.91. The maximum absolute atomic E-state index is 11.0. The van der Waals surface area contributed by atoms with Crippen LogP contribution in [-0.4, -0.2) is 45.0 Å². The van der Waals surface area contributed by atoms with Crippen LogP contribution >= 0.6 is 0 Å². The first-order chi connectivity index (χ1) is 8.57. The number of ether oxygens (including phenoxy) is 3. The molecule has 6 nitrogen and oxygen atoms in total. The van der Waals surface area contributed by atoms with Gasteiger partial charge in [0, 0.05) is 12.1 Å². The summed E-state index contributed by atoms with van der Waals surface area (Å²) in [4.78, 5) is 22.0. The van der Waals surface area contributed by atoms with Gasteiger partial charge >= 0.3 is 12.1 Å². The lowest BCUT2D eigenvalue weighted by atomic mass is 10.4. The predicted octanol–water partition coefficient (Wildman–Crippen LogP) is 1.26. The Morgan fingerprint density at radius 1 is 1.11 bits per heavy atom. The standard InChI is InChI=1S/C12H21NO5/c1-4-6-18-12(15)13-5-7-16-8-9-17-11(14)10(2)3/h2,4-9H2,1,3H3,(H,13,15). The third-order valence-corrected chi connectivity index (χ3v) is 1.76. The summed E-state index contributed by atoms with van der Waals surface area (Å²) in [5.74, 6) is -0.431. The molecule has 18 heavy (non-hydrogen) atoms. The van der Waals surface area contributed by atoms with Gasteiger partial charge in [-0.2, -0.15) is 0 Å². The van der Waals surface area contributed by atoms with Crippen molar-refractivity contribution in [2.45, 2.75) is 20.3 Å². The summed E-state index contributed by atoms with van der Waals surface area (Å²) in [6.45, 7) is 8.51. The molecule has 6 heteroatoms. The molecule has 0 saturated heterocycles. The average molecular weight is 259 g/mol. The Kier molecular flexibility index (Phi) is 9.67. The Balaban J connectivity index is 3.28. The Morgan fingerprint density at radius 3 is 2.44 bits per heavy atom. The van der Waals surface area contributed by atoms with Crippen molar-refractivity contribution in [2.75, 3.05) is 33.0 Å². The third kappa shape index (κ3) is 9.65. The Hall–Kier alpha value is -1.56. The number of alkyl carbamates (subject to hydrolysis) is 1. The van der Waals surface area contributed by atoms with Crippen LogP contribution in [0.5, 0.6) is 0 Å². The van der Waals surface area contributed by atoms with Crippen LogP contribution in [0.15, 0.2) is 12.2 Å². The quantitative estimate of drug-likeness (QED) is 0.383. The number of carbonyl (C=O) groups excluding carboxylic acids is 2. The van der Waals surface area contributed by atoms with E-state index in [0.29, 0.717) is 25.3 Å². The molecule has 0 heterocycles. The summed E-state index contributed by atoms with van der Waals surface area (Å²) >= 11 is 0. The normalized spacial score (nSPS) is 9.67. The van der Waals surface area contributed by atoms with Gasteiger partial charge in [-0.15, -0.1) is 0 Å². The van der Waals surface area contributed by atoms with Crippen molar-refractivity contribution in [3.63, 3.8) is 0 Å². The molecule has 0 saturated carbocycles. The zero-order valence-electron chi connectivity index (χ0n) is 11.0.